The van der Waals surface area contributed by atoms with Gasteiger partial charge in [-0.05, 0) is 59.9 Å². The number of fused-ring (bicyclic) bond motifs is 2. The van der Waals surface area contributed by atoms with Gasteiger partial charge in [0, 0.05) is 34.3 Å². The van der Waals surface area contributed by atoms with Gasteiger partial charge in [0.05, 0.1) is 28.5 Å². The summed E-state index contributed by atoms with van der Waals surface area (Å²) in [5, 5.41) is 18.6. The Kier molecular flexibility index (Phi) is 4.70. The lowest BCUT2D eigenvalue weighted by molar-refractivity contribution is 0.0697. The highest BCUT2D eigenvalue weighted by Crippen LogP contribution is 2.41. The number of benzene rings is 2. The molecule has 3 aromatic heterocycles. The Balaban J connectivity index is 1.90. The quantitative estimate of drug-likeness (QED) is 0.372. The summed E-state index contributed by atoms with van der Waals surface area (Å²) in [6.07, 6.45) is 5.56. The predicted octanol–water partition coefficient (Wildman–Crippen LogP) is 5.97. The van der Waals surface area contributed by atoms with Crippen LogP contribution in [-0.2, 0) is 0 Å². The fraction of sp³-hybridized carbons (Fsp3) is 0.154. The van der Waals surface area contributed by atoms with E-state index in [1.807, 2.05) is 43.7 Å². The zero-order chi connectivity index (χ0) is 22.4. The molecule has 32 heavy (non-hydrogen) atoms. The van der Waals surface area contributed by atoms with Crippen molar-refractivity contribution in [1.82, 2.24) is 20.2 Å². The highest BCUT2D eigenvalue weighted by Gasteiger charge is 2.21. The molecule has 0 atom stereocenters. The van der Waals surface area contributed by atoms with Gasteiger partial charge in [-0.1, -0.05) is 26.0 Å². The Morgan fingerprint density at radius 3 is 2.47 bits per heavy atom. The zero-order valence-corrected chi connectivity index (χ0v) is 18.0. The number of rotatable bonds is 4. The Morgan fingerprint density at radius 2 is 1.78 bits per heavy atom. The normalized spacial score (nSPS) is 11.5. The average Bonchev–Trinajstić information content (AvgIpc) is 3.23. The van der Waals surface area contributed by atoms with Gasteiger partial charge in [-0.3, -0.25) is 10.1 Å². The number of nitrogens with one attached hydrogen (secondary N) is 1. The van der Waals surface area contributed by atoms with Crippen molar-refractivity contribution < 1.29 is 9.90 Å². The number of nitrogens with zero attached hydrogens (tertiary/aromatic N) is 3. The number of aromatic carboxylic acids is 1. The van der Waals surface area contributed by atoms with Crippen molar-refractivity contribution in [2.75, 3.05) is 0 Å². The van der Waals surface area contributed by atoms with Crippen LogP contribution in [0.1, 0.15) is 41.3 Å². The molecule has 158 valence electrons. The fourth-order valence-corrected chi connectivity index (χ4v) is 4.27. The second-order valence-corrected chi connectivity index (χ2v) is 8.36. The number of aromatic nitrogens is 4. The van der Waals surface area contributed by atoms with E-state index in [1.165, 1.54) is 0 Å². The van der Waals surface area contributed by atoms with Crippen LogP contribution >= 0.6 is 0 Å². The molecule has 0 bridgehead atoms. The molecular formula is C26H22N4O2. The molecule has 0 aliphatic heterocycles. The molecule has 0 aliphatic carbocycles. The van der Waals surface area contributed by atoms with Gasteiger partial charge in [0.1, 0.15) is 0 Å². The lowest BCUT2D eigenvalue weighted by Crippen LogP contribution is -2.03. The number of carboxylic acid groups (broad SMARTS) is 1. The number of aryl methyl sites for hydroxylation is 1. The summed E-state index contributed by atoms with van der Waals surface area (Å²) in [6, 6.07) is 13.2. The van der Waals surface area contributed by atoms with Gasteiger partial charge in [-0.25, -0.2) is 9.78 Å². The SMILES string of the molecule is Cc1cncc(-c2c(C(C)C)c(-c3ccc(C(=O)O)cc3)nc3cc4[nH]ncc4cc23)c1. The highest BCUT2D eigenvalue weighted by molar-refractivity contribution is 6.05. The molecule has 0 spiro atoms. The van der Waals surface area contributed by atoms with Crippen LogP contribution in [0.5, 0.6) is 0 Å². The molecule has 0 fully saturated rings. The minimum Gasteiger partial charge on any atom is -0.478 e. The van der Waals surface area contributed by atoms with Crippen LogP contribution in [0.3, 0.4) is 0 Å². The summed E-state index contributed by atoms with van der Waals surface area (Å²) >= 11 is 0. The molecule has 5 aromatic rings. The summed E-state index contributed by atoms with van der Waals surface area (Å²) in [5.74, 6) is -0.767. The van der Waals surface area contributed by atoms with Crippen molar-refractivity contribution >= 4 is 27.8 Å². The molecule has 0 unspecified atom stereocenters. The summed E-state index contributed by atoms with van der Waals surface area (Å²) in [7, 11) is 0. The van der Waals surface area contributed by atoms with Crippen molar-refractivity contribution in [3.05, 3.63) is 77.7 Å². The average molecular weight is 422 g/mol. The number of aromatic amines is 1. The molecule has 6 nitrogen and oxygen atoms in total. The lowest BCUT2D eigenvalue weighted by Gasteiger charge is -2.21. The monoisotopic (exact) mass is 422 g/mol. The third-order valence-corrected chi connectivity index (χ3v) is 5.73. The van der Waals surface area contributed by atoms with Crippen LogP contribution in [0.15, 0.2) is 61.1 Å². The van der Waals surface area contributed by atoms with E-state index in [2.05, 4.69) is 41.2 Å². The minimum absolute atomic E-state index is 0.177. The van der Waals surface area contributed by atoms with Crippen LogP contribution < -0.4 is 0 Å². The first-order valence-corrected chi connectivity index (χ1v) is 10.5. The molecule has 0 amide bonds. The smallest absolute Gasteiger partial charge is 0.335 e. The van der Waals surface area contributed by atoms with Crippen LogP contribution in [0, 0.1) is 6.92 Å². The maximum absolute atomic E-state index is 11.3. The molecule has 0 saturated carbocycles. The molecule has 6 heteroatoms. The first-order chi connectivity index (χ1) is 15.4. The summed E-state index contributed by atoms with van der Waals surface area (Å²) in [6.45, 7) is 6.34. The molecule has 2 aromatic carbocycles. The second-order valence-electron chi connectivity index (χ2n) is 8.36. The number of hydrogen-bond acceptors (Lipinski definition) is 4. The van der Waals surface area contributed by atoms with Crippen LogP contribution in [0.4, 0.5) is 0 Å². The zero-order valence-electron chi connectivity index (χ0n) is 18.0. The number of carbonyl (C=O) groups is 1. The van der Waals surface area contributed by atoms with E-state index in [0.717, 1.165) is 55.3 Å². The van der Waals surface area contributed by atoms with E-state index >= 15 is 0 Å². The fourth-order valence-electron chi connectivity index (χ4n) is 4.27. The summed E-state index contributed by atoms with van der Waals surface area (Å²) in [5.41, 5.74) is 8.07. The molecule has 0 saturated heterocycles. The minimum atomic E-state index is -0.944. The molecule has 3 heterocycles. The molecule has 0 aliphatic rings. The highest BCUT2D eigenvalue weighted by atomic mass is 16.4. The molecule has 5 rings (SSSR count). The Morgan fingerprint density at radius 1 is 1.00 bits per heavy atom. The molecular weight excluding hydrogens is 400 g/mol. The van der Waals surface area contributed by atoms with Crippen LogP contribution in [0.25, 0.3) is 44.2 Å². The Bertz CT molecular complexity index is 1480. The van der Waals surface area contributed by atoms with E-state index in [0.29, 0.717) is 0 Å². The van der Waals surface area contributed by atoms with E-state index in [9.17, 15) is 9.90 Å². The van der Waals surface area contributed by atoms with E-state index in [4.69, 9.17) is 4.98 Å². The Labute approximate surface area is 185 Å². The topological polar surface area (TPSA) is 91.8 Å². The Hall–Kier alpha value is -4.06. The van der Waals surface area contributed by atoms with E-state index in [-0.39, 0.29) is 11.5 Å². The van der Waals surface area contributed by atoms with Crippen molar-refractivity contribution in [3.8, 4) is 22.4 Å². The maximum atomic E-state index is 11.3. The third-order valence-electron chi connectivity index (χ3n) is 5.73. The molecule has 2 N–H and O–H groups in total. The van der Waals surface area contributed by atoms with Gasteiger partial charge < -0.3 is 5.11 Å². The van der Waals surface area contributed by atoms with Crippen LogP contribution in [-0.4, -0.2) is 31.2 Å². The van der Waals surface area contributed by atoms with Gasteiger partial charge in [0.2, 0.25) is 0 Å². The lowest BCUT2D eigenvalue weighted by atomic mass is 9.86. The summed E-state index contributed by atoms with van der Waals surface area (Å²) < 4.78 is 0. The standard InChI is InChI=1S/C26H22N4O2/c1-14(2)23-24(19-8-15(3)11-27-12-19)20-9-18-13-28-30-21(18)10-22(20)29-25(23)16-4-6-17(7-5-16)26(31)32/h4-14H,1-3H3,(H,28,30)(H,31,32). The number of carboxylic acids is 1. The predicted molar refractivity (Wildman–Crippen MR) is 126 cm³/mol. The maximum Gasteiger partial charge on any atom is 0.335 e. The van der Waals surface area contributed by atoms with E-state index < -0.39 is 5.97 Å². The van der Waals surface area contributed by atoms with Crippen molar-refractivity contribution in [2.45, 2.75) is 26.7 Å². The van der Waals surface area contributed by atoms with Crippen molar-refractivity contribution in [1.29, 1.82) is 0 Å². The van der Waals surface area contributed by atoms with Crippen molar-refractivity contribution in [3.63, 3.8) is 0 Å². The van der Waals surface area contributed by atoms with Gasteiger partial charge in [0.25, 0.3) is 0 Å². The van der Waals surface area contributed by atoms with Gasteiger partial charge in [-0.15, -0.1) is 0 Å². The number of hydrogen-bond donors (Lipinski definition) is 2. The largest absolute Gasteiger partial charge is 0.478 e. The first kappa shape index (κ1) is 19.9. The molecule has 0 radical (unpaired) electrons. The second kappa shape index (κ2) is 7.57. The van der Waals surface area contributed by atoms with Gasteiger partial charge in [0.15, 0.2) is 0 Å². The number of pyridine rings is 2. The first-order valence-electron chi connectivity index (χ1n) is 10.5. The van der Waals surface area contributed by atoms with Gasteiger partial charge >= 0.3 is 5.97 Å². The third kappa shape index (κ3) is 3.30. The number of H-pyrrole nitrogens is 1. The van der Waals surface area contributed by atoms with Gasteiger partial charge in [-0.2, -0.15) is 5.10 Å². The van der Waals surface area contributed by atoms with E-state index in [1.54, 1.807) is 12.1 Å². The van der Waals surface area contributed by atoms with Crippen molar-refractivity contribution in [2.24, 2.45) is 0 Å². The summed E-state index contributed by atoms with van der Waals surface area (Å²) in [4.78, 5) is 20.9. The van der Waals surface area contributed by atoms with Crippen LogP contribution in [0.2, 0.25) is 0 Å².